The van der Waals surface area contributed by atoms with E-state index in [4.69, 9.17) is 14.9 Å². The Kier molecular flexibility index (Phi) is 6.37. The van der Waals surface area contributed by atoms with Gasteiger partial charge in [0.1, 0.15) is 0 Å². The summed E-state index contributed by atoms with van der Waals surface area (Å²) in [6, 6.07) is 12.3. The van der Waals surface area contributed by atoms with Crippen LogP contribution in [-0.4, -0.2) is 30.1 Å². The number of phenols is 2. The van der Waals surface area contributed by atoms with Crippen LogP contribution in [0.4, 0.5) is 13.2 Å². The number of rotatable bonds is 3. The summed E-state index contributed by atoms with van der Waals surface area (Å²) in [5, 5.41) is 18.0. The zero-order valence-corrected chi connectivity index (χ0v) is 11.7. The molecule has 0 unspecified atom stereocenters. The van der Waals surface area contributed by atoms with Crippen molar-refractivity contribution >= 4 is 0 Å². The van der Waals surface area contributed by atoms with Crippen molar-refractivity contribution < 1.29 is 32.9 Å². The van der Waals surface area contributed by atoms with Gasteiger partial charge in [-0.2, -0.15) is 13.2 Å². The molecule has 2 N–H and O–H groups in total. The normalized spacial score (nSPS) is 10.4. The van der Waals surface area contributed by atoms with E-state index >= 15 is 0 Å². The van der Waals surface area contributed by atoms with Gasteiger partial charge in [-0.3, -0.25) is 0 Å². The molecule has 0 bridgehead atoms. The standard InChI is InChI=1S/C8H7F3O2.C7H8O2/c9-8(10,11)5-13-7-4-2-1-3-6(7)12;1-9-7-5-3-2-4-6(7)8/h1-4,12H,5H2;2-5,8H,1H3. The van der Waals surface area contributed by atoms with Crippen molar-refractivity contribution in [3.8, 4) is 23.0 Å². The molecular formula is C15H15F3O4. The Morgan fingerprint density at radius 1 is 0.864 bits per heavy atom. The third-order valence-corrected chi connectivity index (χ3v) is 2.34. The molecule has 0 aromatic heterocycles. The molecule has 0 saturated heterocycles. The third kappa shape index (κ3) is 6.25. The molecule has 0 fully saturated rings. The molecule has 0 radical (unpaired) electrons. The highest BCUT2D eigenvalue weighted by molar-refractivity contribution is 5.38. The number of halogens is 3. The fourth-order valence-corrected chi connectivity index (χ4v) is 1.37. The Morgan fingerprint density at radius 3 is 1.68 bits per heavy atom. The summed E-state index contributed by atoms with van der Waals surface area (Å²) in [7, 11) is 1.52. The van der Waals surface area contributed by atoms with Crippen LogP contribution in [-0.2, 0) is 0 Å². The second-order valence-corrected chi connectivity index (χ2v) is 4.04. The maximum atomic E-state index is 11.7. The first-order chi connectivity index (χ1) is 10.3. The second-order valence-electron chi connectivity index (χ2n) is 4.04. The van der Waals surface area contributed by atoms with Crippen LogP contribution in [0.1, 0.15) is 0 Å². The number of phenolic OH excluding ortho intramolecular Hbond substituents is 2. The van der Waals surface area contributed by atoms with Crippen molar-refractivity contribution in [2.45, 2.75) is 6.18 Å². The first kappa shape index (κ1) is 17.5. The van der Waals surface area contributed by atoms with E-state index in [0.717, 1.165) is 0 Å². The van der Waals surface area contributed by atoms with Gasteiger partial charge in [0.2, 0.25) is 0 Å². The molecule has 0 aliphatic rings. The van der Waals surface area contributed by atoms with E-state index < -0.39 is 12.8 Å². The zero-order chi connectivity index (χ0) is 16.6. The smallest absolute Gasteiger partial charge is 0.422 e. The van der Waals surface area contributed by atoms with Gasteiger partial charge in [0, 0.05) is 0 Å². The zero-order valence-electron chi connectivity index (χ0n) is 11.7. The van der Waals surface area contributed by atoms with E-state index in [1.54, 1.807) is 24.3 Å². The van der Waals surface area contributed by atoms with Gasteiger partial charge in [-0.15, -0.1) is 0 Å². The molecule has 120 valence electrons. The summed E-state index contributed by atoms with van der Waals surface area (Å²) in [5.41, 5.74) is 0. The highest BCUT2D eigenvalue weighted by Gasteiger charge is 2.28. The maximum absolute atomic E-state index is 11.7. The van der Waals surface area contributed by atoms with E-state index in [-0.39, 0.29) is 17.2 Å². The van der Waals surface area contributed by atoms with Crippen LogP contribution in [0.15, 0.2) is 48.5 Å². The quantitative estimate of drug-likeness (QED) is 0.906. The predicted octanol–water partition coefficient (Wildman–Crippen LogP) is 3.73. The topological polar surface area (TPSA) is 58.9 Å². The monoisotopic (exact) mass is 316 g/mol. The van der Waals surface area contributed by atoms with Gasteiger partial charge in [0.05, 0.1) is 7.11 Å². The second kappa shape index (κ2) is 8.02. The van der Waals surface area contributed by atoms with Gasteiger partial charge < -0.3 is 19.7 Å². The molecule has 0 aliphatic carbocycles. The molecule has 0 heterocycles. The largest absolute Gasteiger partial charge is 0.504 e. The van der Waals surface area contributed by atoms with Crippen LogP contribution in [0, 0.1) is 0 Å². The average molecular weight is 316 g/mol. The Labute approximate surface area is 125 Å². The number of ether oxygens (including phenoxy) is 2. The highest BCUT2D eigenvalue weighted by Crippen LogP contribution is 2.26. The van der Waals surface area contributed by atoms with Gasteiger partial charge in [-0.25, -0.2) is 0 Å². The number of para-hydroxylation sites is 4. The molecule has 0 aliphatic heterocycles. The summed E-state index contributed by atoms with van der Waals surface area (Å²) in [6.07, 6.45) is -4.39. The number of hydrogen-bond acceptors (Lipinski definition) is 4. The van der Waals surface area contributed by atoms with E-state index in [0.29, 0.717) is 5.75 Å². The van der Waals surface area contributed by atoms with Gasteiger partial charge in [0.25, 0.3) is 0 Å². The van der Waals surface area contributed by atoms with Crippen molar-refractivity contribution in [1.82, 2.24) is 0 Å². The molecule has 0 spiro atoms. The molecule has 2 aromatic rings. The van der Waals surface area contributed by atoms with Crippen molar-refractivity contribution in [3.63, 3.8) is 0 Å². The lowest BCUT2D eigenvalue weighted by Crippen LogP contribution is -2.19. The Bertz CT molecular complexity index is 585. The number of benzene rings is 2. The first-order valence-corrected chi connectivity index (χ1v) is 6.13. The fraction of sp³-hybridized carbons (Fsp3) is 0.200. The van der Waals surface area contributed by atoms with Gasteiger partial charge in [0.15, 0.2) is 29.6 Å². The molecule has 7 heteroatoms. The molecule has 2 aromatic carbocycles. The maximum Gasteiger partial charge on any atom is 0.422 e. The lowest BCUT2D eigenvalue weighted by Gasteiger charge is -2.09. The third-order valence-electron chi connectivity index (χ3n) is 2.34. The summed E-state index contributed by atoms with van der Waals surface area (Å²) in [4.78, 5) is 0. The first-order valence-electron chi connectivity index (χ1n) is 6.13. The van der Waals surface area contributed by atoms with Crippen molar-refractivity contribution in [1.29, 1.82) is 0 Å². The minimum absolute atomic E-state index is 0.167. The number of hydrogen-bond donors (Lipinski definition) is 2. The van der Waals surface area contributed by atoms with E-state index in [1.807, 2.05) is 0 Å². The predicted molar refractivity (Wildman–Crippen MR) is 74.3 cm³/mol. The van der Waals surface area contributed by atoms with E-state index in [1.165, 1.54) is 31.4 Å². The van der Waals surface area contributed by atoms with Crippen LogP contribution >= 0.6 is 0 Å². The van der Waals surface area contributed by atoms with Gasteiger partial charge in [-0.1, -0.05) is 24.3 Å². The summed E-state index contributed by atoms with van der Waals surface area (Å²) < 4.78 is 44.1. The number of methoxy groups -OCH3 is 1. The summed E-state index contributed by atoms with van der Waals surface area (Å²) in [5.74, 6) is 0.226. The summed E-state index contributed by atoms with van der Waals surface area (Å²) >= 11 is 0. The Balaban J connectivity index is 0.000000235. The Hall–Kier alpha value is -2.57. The summed E-state index contributed by atoms with van der Waals surface area (Å²) in [6.45, 7) is -1.40. The van der Waals surface area contributed by atoms with Gasteiger partial charge >= 0.3 is 6.18 Å². The number of aromatic hydroxyl groups is 2. The molecule has 4 nitrogen and oxygen atoms in total. The van der Waals surface area contributed by atoms with Crippen LogP contribution in [0.3, 0.4) is 0 Å². The minimum Gasteiger partial charge on any atom is -0.504 e. The van der Waals surface area contributed by atoms with Crippen LogP contribution in [0.2, 0.25) is 0 Å². The van der Waals surface area contributed by atoms with Gasteiger partial charge in [-0.05, 0) is 24.3 Å². The van der Waals surface area contributed by atoms with Crippen LogP contribution < -0.4 is 9.47 Å². The Morgan fingerprint density at radius 2 is 1.32 bits per heavy atom. The molecule has 0 saturated carbocycles. The molecule has 0 amide bonds. The molecular weight excluding hydrogens is 301 g/mol. The number of alkyl halides is 3. The van der Waals surface area contributed by atoms with E-state index in [9.17, 15) is 13.2 Å². The van der Waals surface area contributed by atoms with Crippen LogP contribution in [0.5, 0.6) is 23.0 Å². The molecule has 22 heavy (non-hydrogen) atoms. The molecule has 2 rings (SSSR count). The minimum atomic E-state index is -4.39. The fourth-order valence-electron chi connectivity index (χ4n) is 1.37. The highest BCUT2D eigenvalue weighted by atomic mass is 19.4. The van der Waals surface area contributed by atoms with Crippen molar-refractivity contribution in [2.75, 3.05) is 13.7 Å². The van der Waals surface area contributed by atoms with Crippen LogP contribution in [0.25, 0.3) is 0 Å². The SMILES string of the molecule is COc1ccccc1O.Oc1ccccc1OCC(F)(F)F. The lowest BCUT2D eigenvalue weighted by atomic mass is 10.3. The lowest BCUT2D eigenvalue weighted by molar-refractivity contribution is -0.153. The average Bonchev–Trinajstić information content (AvgIpc) is 2.47. The molecule has 0 atom stereocenters. The van der Waals surface area contributed by atoms with Crippen molar-refractivity contribution in [2.24, 2.45) is 0 Å². The van der Waals surface area contributed by atoms with Crippen molar-refractivity contribution in [3.05, 3.63) is 48.5 Å². The van der Waals surface area contributed by atoms with E-state index in [2.05, 4.69) is 4.74 Å².